The summed E-state index contributed by atoms with van der Waals surface area (Å²) in [5.74, 6) is 2.16. The Labute approximate surface area is 196 Å². The number of para-hydroxylation sites is 1. The maximum Gasteiger partial charge on any atom is 0.181 e. The van der Waals surface area contributed by atoms with E-state index in [-0.39, 0.29) is 0 Å². The lowest BCUT2D eigenvalue weighted by Crippen LogP contribution is -1.99. The van der Waals surface area contributed by atoms with E-state index in [0.717, 1.165) is 44.9 Å². The molecule has 1 N–H and O–H groups in total. The molecule has 0 aliphatic carbocycles. The van der Waals surface area contributed by atoms with Gasteiger partial charge in [-0.05, 0) is 60.5 Å². The van der Waals surface area contributed by atoms with E-state index in [0.29, 0.717) is 17.5 Å². The number of H-pyrrole nitrogens is 1. The standard InChI is InChI=1S/C27H21ClN4O/c1-18-29-27(32-31-18)25(16-19-6-11-22(28)12-7-19)20-9-14-24(15-10-20)33-17-23-13-8-21-4-2-3-5-26(21)30-23/h2-16H,17H2,1H3,(H,29,31,32). The van der Waals surface area contributed by atoms with Crippen LogP contribution in [0.1, 0.15) is 28.5 Å². The van der Waals surface area contributed by atoms with Crippen molar-refractivity contribution in [2.24, 2.45) is 0 Å². The minimum atomic E-state index is 0.401. The highest BCUT2D eigenvalue weighted by atomic mass is 35.5. The van der Waals surface area contributed by atoms with Crippen LogP contribution < -0.4 is 4.74 Å². The molecular weight excluding hydrogens is 432 g/mol. The van der Waals surface area contributed by atoms with Crippen LogP contribution in [0.2, 0.25) is 5.02 Å². The Balaban J connectivity index is 1.37. The van der Waals surface area contributed by atoms with Crippen LogP contribution in [-0.2, 0) is 6.61 Å². The van der Waals surface area contributed by atoms with Crippen molar-refractivity contribution in [3.8, 4) is 5.75 Å². The molecule has 0 spiro atoms. The van der Waals surface area contributed by atoms with Crippen molar-refractivity contribution >= 4 is 34.2 Å². The van der Waals surface area contributed by atoms with Crippen LogP contribution in [0.25, 0.3) is 22.6 Å². The molecule has 0 bridgehead atoms. The molecule has 0 aliphatic heterocycles. The summed E-state index contributed by atoms with van der Waals surface area (Å²) in [6.07, 6.45) is 2.05. The van der Waals surface area contributed by atoms with Crippen LogP contribution in [0.15, 0.2) is 84.9 Å². The van der Waals surface area contributed by atoms with Gasteiger partial charge in [-0.3, -0.25) is 5.10 Å². The molecule has 0 radical (unpaired) electrons. The average Bonchev–Trinajstić information content (AvgIpc) is 3.28. The molecule has 5 rings (SSSR count). The largest absolute Gasteiger partial charge is 0.487 e. The van der Waals surface area contributed by atoms with Gasteiger partial charge < -0.3 is 4.74 Å². The highest BCUT2D eigenvalue weighted by Crippen LogP contribution is 2.26. The normalized spacial score (nSPS) is 11.6. The molecule has 5 nitrogen and oxygen atoms in total. The number of nitrogens with zero attached hydrogens (tertiary/aromatic N) is 3. The molecule has 6 heteroatoms. The summed E-state index contributed by atoms with van der Waals surface area (Å²) in [6, 6.07) is 27.7. The molecule has 5 aromatic rings. The van der Waals surface area contributed by atoms with Gasteiger partial charge in [0.05, 0.1) is 11.2 Å². The van der Waals surface area contributed by atoms with Crippen molar-refractivity contribution in [2.45, 2.75) is 13.5 Å². The highest BCUT2D eigenvalue weighted by molar-refractivity contribution is 6.30. The van der Waals surface area contributed by atoms with Crippen LogP contribution in [0, 0.1) is 6.92 Å². The fourth-order valence-corrected chi connectivity index (χ4v) is 3.67. The van der Waals surface area contributed by atoms with Gasteiger partial charge in [-0.25, -0.2) is 9.97 Å². The molecule has 2 aromatic heterocycles. The lowest BCUT2D eigenvalue weighted by molar-refractivity contribution is 0.302. The SMILES string of the molecule is Cc1nc(C(=Cc2ccc(Cl)cc2)c2ccc(OCc3ccc4ccccc4n3)cc2)n[nH]1. The second-order valence-electron chi connectivity index (χ2n) is 7.66. The molecule has 0 atom stereocenters. The van der Waals surface area contributed by atoms with Crippen molar-refractivity contribution in [1.82, 2.24) is 20.2 Å². The van der Waals surface area contributed by atoms with Gasteiger partial charge in [0, 0.05) is 16.0 Å². The number of fused-ring (bicyclic) bond motifs is 1. The number of ether oxygens (including phenoxy) is 1. The van der Waals surface area contributed by atoms with Gasteiger partial charge in [0.25, 0.3) is 0 Å². The lowest BCUT2D eigenvalue weighted by atomic mass is 10.0. The minimum absolute atomic E-state index is 0.401. The zero-order valence-corrected chi connectivity index (χ0v) is 18.8. The van der Waals surface area contributed by atoms with E-state index in [4.69, 9.17) is 16.3 Å². The van der Waals surface area contributed by atoms with E-state index in [1.54, 1.807) is 0 Å². The quantitative estimate of drug-likeness (QED) is 0.299. The third-order valence-electron chi connectivity index (χ3n) is 5.23. The molecule has 0 aliphatic rings. The summed E-state index contributed by atoms with van der Waals surface area (Å²) >= 11 is 6.04. The van der Waals surface area contributed by atoms with Crippen LogP contribution >= 0.6 is 11.6 Å². The first-order chi connectivity index (χ1) is 16.1. The number of hydrogen-bond acceptors (Lipinski definition) is 4. The Morgan fingerprint density at radius 1 is 0.909 bits per heavy atom. The van der Waals surface area contributed by atoms with Crippen LogP contribution in [0.4, 0.5) is 0 Å². The van der Waals surface area contributed by atoms with E-state index in [9.17, 15) is 0 Å². The molecule has 0 saturated heterocycles. The predicted molar refractivity (Wildman–Crippen MR) is 132 cm³/mol. The molecule has 33 heavy (non-hydrogen) atoms. The summed E-state index contributed by atoms with van der Waals surface area (Å²) in [4.78, 5) is 9.19. The van der Waals surface area contributed by atoms with E-state index >= 15 is 0 Å². The topological polar surface area (TPSA) is 63.7 Å². The highest BCUT2D eigenvalue weighted by Gasteiger charge is 2.11. The van der Waals surface area contributed by atoms with Gasteiger partial charge in [-0.1, -0.05) is 60.1 Å². The summed E-state index contributed by atoms with van der Waals surface area (Å²) in [7, 11) is 0. The number of aromatic nitrogens is 4. The minimum Gasteiger partial charge on any atom is -0.487 e. The Hall–Kier alpha value is -3.96. The van der Waals surface area contributed by atoms with Crippen molar-refractivity contribution in [3.63, 3.8) is 0 Å². The van der Waals surface area contributed by atoms with E-state index in [1.165, 1.54) is 0 Å². The Morgan fingerprint density at radius 3 is 2.45 bits per heavy atom. The van der Waals surface area contributed by atoms with Crippen LogP contribution in [-0.4, -0.2) is 20.2 Å². The monoisotopic (exact) mass is 452 g/mol. The van der Waals surface area contributed by atoms with Gasteiger partial charge in [0.1, 0.15) is 18.2 Å². The Bertz CT molecular complexity index is 1420. The fraction of sp³-hybridized carbons (Fsp3) is 0.0741. The van der Waals surface area contributed by atoms with Crippen LogP contribution in [0.3, 0.4) is 0 Å². The molecule has 162 valence electrons. The third kappa shape index (κ3) is 4.94. The van der Waals surface area contributed by atoms with Crippen molar-refractivity contribution in [1.29, 1.82) is 0 Å². The first-order valence-electron chi connectivity index (χ1n) is 10.6. The smallest absolute Gasteiger partial charge is 0.181 e. The Kier molecular flexibility index (Phi) is 5.87. The molecule has 0 unspecified atom stereocenters. The molecule has 0 amide bonds. The molecule has 2 heterocycles. The third-order valence-corrected chi connectivity index (χ3v) is 5.48. The number of benzene rings is 3. The summed E-state index contributed by atoms with van der Waals surface area (Å²) in [6.45, 7) is 2.28. The van der Waals surface area contributed by atoms with Crippen molar-refractivity contribution in [2.75, 3.05) is 0 Å². The number of aryl methyl sites for hydroxylation is 1. The van der Waals surface area contributed by atoms with E-state index in [2.05, 4.69) is 32.3 Å². The number of hydrogen-bond donors (Lipinski definition) is 1. The average molecular weight is 453 g/mol. The summed E-state index contributed by atoms with van der Waals surface area (Å²) in [5.41, 5.74) is 4.76. The number of nitrogens with one attached hydrogen (secondary N) is 1. The lowest BCUT2D eigenvalue weighted by Gasteiger charge is -2.09. The number of halogens is 1. The summed E-state index contributed by atoms with van der Waals surface area (Å²) in [5, 5.41) is 9.10. The first kappa shape index (κ1) is 20.9. The predicted octanol–water partition coefficient (Wildman–Crippen LogP) is 6.48. The molecular formula is C27H21ClN4O. The fourth-order valence-electron chi connectivity index (χ4n) is 3.54. The maximum atomic E-state index is 6.04. The van der Waals surface area contributed by atoms with Gasteiger partial charge in [-0.2, -0.15) is 5.10 Å². The number of aromatic amines is 1. The van der Waals surface area contributed by atoms with Gasteiger partial charge in [0.15, 0.2) is 5.82 Å². The van der Waals surface area contributed by atoms with Crippen molar-refractivity contribution < 1.29 is 4.74 Å². The Morgan fingerprint density at radius 2 is 1.70 bits per heavy atom. The summed E-state index contributed by atoms with van der Waals surface area (Å²) < 4.78 is 5.98. The van der Waals surface area contributed by atoms with Crippen molar-refractivity contribution in [3.05, 3.63) is 118 Å². The first-order valence-corrected chi connectivity index (χ1v) is 11.0. The maximum absolute atomic E-state index is 6.04. The van der Waals surface area contributed by atoms with Gasteiger partial charge in [-0.15, -0.1) is 0 Å². The van der Waals surface area contributed by atoms with E-state index < -0.39 is 0 Å². The van der Waals surface area contributed by atoms with Crippen LogP contribution in [0.5, 0.6) is 5.75 Å². The molecule has 0 fully saturated rings. The molecule has 3 aromatic carbocycles. The van der Waals surface area contributed by atoms with E-state index in [1.807, 2.05) is 85.8 Å². The van der Waals surface area contributed by atoms with Gasteiger partial charge >= 0.3 is 0 Å². The zero-order chi connectivity index (χ0) is 22.6. The number of pyridine rings is 1. The second kappa shape index (κ2) is 9.27. The number of rotatable bonds is 6. The molecule has 0 saturated carbocycles. The van der Waals surface area contributed by atoms with Gasteiger partial charge in [0.2, 0.25) is 0 Å². The zero-order valence-electron chi connectivity index (χ0n) is 18.0. The second-order valence-corrected chi connectivity index (χ2v) is 8.10.